The van der Waals surface area contributed by atoms with E-state index in [4.69, 9.17) is 0 Å². The molecule has 0 N–H and O–H groups in total. The van der Waals surface area contributed by atoms with Gasteiger partial charge < -0.3 is 9.13 Å². The SMILES string of the molecule is Cc1ccc(-n2cnc(Cn3ccnc3)c2)cc1F.Cl.Cl. The zero-order valence-corrected chi connectivity index (χ0v) is 12.9. The molecule has 112 valence electrons. The van der Waals surface area contributed by atoms with Crippen LogP contribution in [-0.4, -0.2) is 19.1 Å². The summed E-state index contributed by atoms with van der Waals surface area (Å²) in [5, 5.41) is 0. The van der Waals surface area contributed by atoms with Gasteiger partial charge in [-0.1, -0.05) is 6.07 Å². The highest BCUT2D eigenvalue weighted by Gasteiger charge is 2.04. The Morgan fingerprint density at radius 1 is 1.19 bits per heavy atom. The van der Waals surface area contributed by atoms with Crippen molar-refractivity contribution in [3.63, 3.8) is 0 Å². The standard InChI is InChI=1S/C14H13FN4.2ClH/c1-11-2-3-13(6-14(11)15)19-8-12(17-10-19)7-18-5-4-16-9-18;;/h2-6,8-10H,7H2,1H3;2*1H. The van der Waals surface area contributed by atoms with Crippen molar-refractivity contribution in [2.45, 2.75) is 13.5 Å². The largest absolute Gasteiger partial charge is 0.331 e. The van der Waals surface area contributed by atoms with Crippen LogP contribution < -0.4 is 0 Å². The molecule has 0 radical (unpaired) electrons. The minimum absolute atomic E-state index is 0. The van der Waals surface area contributed by atoms with Crippen molar-refractivity contribution in [3.8, 4) is 5.69 Å². The summed E-state index contributed by atoms with van der Waals surface area (Å²) in [4.78, 5) is 8.29. The van der Waals surface area contributed by atoms with Crippen molar-refractivity contribution >= 4 is 24.8 Å². The van der Waals surface area contributed by atoms with Gasteiger partial charge in [0.25, 0.3) is 0 Å². The molecular formula is C14H15Cl2FN4. The van der Waals surface area contributed by atoms with Gasteiger partial charge in [0.1, 0.15) is 5.82 Å². The lowest BCUT2D eigenvalue weighted by Gasteiger charge is -2.03. The summed E-state index contributed by atoms with van der Waals surface area (Å²) in [7, 11) is 0. The Morgan fingerprint density at radius 3 is 2.67 bits per heavy atom. The molecule has 0 aliphatic heterocycles. The number of benzene rings is 1. The van der Waals surface area contributed by atoms with Crippen molar-refractivity contribution in [2.24, 2.45) is 0 Å². The van der Waals surface area contributed by atoms with Gasteiger partial charge in [-0.2, -0.15) is 0 Å². The molecule has 7 heteroatoms. The summed E-state index contributed by atoms with van der Waals surface area (Å²) < 4.78 is 17.3. The lowest BCUT2D eigenvalue weighted by molar-refractivity contribution is 0.617. The van der Waals surface area contributed by atoms with Gasteiger partial charge in [0, 0.05) is 24.3 Å². The van der Waals surface area contributed by atoms with Crippen molar-refractivity contribution in [3.05, 3.63) is 66.5 Å². The summed E-state index contributed by atoms with van der Waals surface area (Å²) in [6.07, 6.45) is 8.93. The van der Waals surface area contributed by atoms with E-state index >= 15 is 0 Å². The number of hydrogen-bond acceptors (Lipinski definition) is 2. The maximum atomic E-state index is 13.5. The monoisotopic (exact) mass is 328 g/mol. The van der Waals surface area contributed by atoms with Gasteiger partial charge in [-0.3, -0.25) is 0 Å². The smallest absolute Gasteiger partial charge is 0.128 e. The van der Waals surface area contributed by atoms with Gasteiger partial charge >= 0.3 is 0 Å². The number of imidazole rings is 2. The van der Waals surface area contributed by atoms with E-state index < -0.39 is 0 Å². The van der Waals surface area contributed by atoms with Gasteiger partial charge in [0.2, 0.25) is 0 Å². The Kier molecular flexibility index (Phi) is 5.93. The third-order valence-electron chi connectivity index (χ3n) is 2.99. The molecule has 0 unspecified atom stereocenters. The molecule has 2 heterocycles. The lowest BCUT2D eigenvalue weighted by atomic mass is 10.2. The average molecular weight is 329 g/mol. The highest BCUT2D eigenvalue weighted by molar-refractivity contribution is 5.85. The van der Waals surface area contributed by atoms with E-state index in [0.29, 0.717) is 12.1 Å². The average Bonchev–Trinajstić information content (AvgIpc) is 3.05. The Morgan fingerprint density at radius 2 is 2.00 bits per heavy atom. The van der Waals surface area contributed by atoms with Gasteiger partial charge in [0.15, 0.2) is 0 Å². The summed E-state index contributed by atoms with van der Waals surface area (Å²) >= 11 is 0. The van der Waals surface area contributed by atoms with Crippen LogP contribution >= 0.6 is 24.8 Å². The van der Waals surface area contributed by atoms with Crippen LogP contribution in [-0.2, 0) is 6.54 Å². The topological polar surface area (TPSA) is 35.6 Å². The zero-order chi connectivity index (χ0) is 13.2. The molecule has 2 aromatic heterocycles. The first-order valence-electron chi connectivity index (χ1n) is 5.97. The minimum Gasteiger partial charge on any atom is -0.331 e. The van der Waals surface area contributed by atoms with Gasteiger partial charge in [-0.05, 0) is 24.6 Å². The fraction of sp³-hybridized carbons (Fsp3) is 0.143. The van der Waals surface area contributed by atoms with Crippen molar-refractivity contribution in [1.82, 2.24) is 19.1 Å². The quantitative estimate of drug-likeness (QED) is 0.738. The summed E-state index contributed by atoms with van der Waals surface area (Å²) in [6, 6.07) is 5.15. The third-order valence-corrected chi connectivity index (χ3v) is 2.99. The van der Waals surface area contributed by atoms with Crippen LogP contribution in [0.4, 0.5) is 4.39 Å². The fourth-order valence-corrected chi connectivity index (χ4v) is 1.90. The minimum atomic E-state index is -0.206. The third kappa shape index (κ3) is 3.83. The van der Waals surface area contributed by atoms with Crippen LogP contribution in [0.2, 0.25) is 0 Å². The number of halogens is 3. The molecule has 0 bridgehead atoms. The zero-order valence-electron chi connectivity index (χ0n) is 11.3. The van der Waals surface area contributed by atoms with E-state index in [1.54, 1.807) is 31.8 Å². The Bertz CT molecular complexity index is 695. The van der Waals surface area contributed by atoms with E-state index in [9.17, 15) is 4.39 Å². The highest BCUT2D eigenvalue weighted by Crippen LogP contribution is 2.14. The lowest BCUT2D eigenvalue weighted by Crippen LogP contribution is -1.96. The highest BCUT2D eigenvalue weighted by atomic mass is 35.5. The maximum Gasteiger partial charge on any atom is 0.128 e. The number of aromatic nitrogens is 4. The summed E-state index contributed by atoms with van der Waals surface area (Å²) in [6.45, 7) is 2.40. The molecule has 0 aliphatic rings. The Balaban J connectivity index is 0.00000110. The van der Waals surface area contributed by atoms with E-state index in [1.165, 1.54) is 6.07 Å². The molecule has 0 fully saturated rings. The second-order valence-corrected chi connectivity index (χ2v) is 4.44. The van der Waals surface area contributed by atoms with E-state index in [-0.39, 0.29) is 30.6 Å². The molecule has 0 amide bonds. The molecular weight excluding hydrogens is 314 g/mol. The first kappa shape index (κ1) is 17.2. The van der Waals surface area contributed by atoms with Crippen LogP contribution in [0.5, 0.6) is 0 Å². The Labute approximate surface area is 134 Å². The van der Waals surface area contributed by atoms with Crippen molar-refractivity contribution < 1.29 is 4.39 Å². The molecule has 3 aromatic rings. The number of aryl methyl sites for hydroxylation is 1. The second kappa shape index (κ2) is 7.24. The first-order chi connectivity index (χ1) is 9.22. The van der Waals surface area contributed by atoms with Crippen LogP contribution in [0.15, 0.2) is 49.4 Å². The van der Waals surface area contributed by atoms with Gasteiger partial charge in [0.05, 0.1) is 24.9 Å². The summed E-state index contributed by atoms with van der Waals surface area (Å²) in [5.74, 6) is -0.206. The second-order valence-electron chi connectivity index (χ2n) is 4.44. The molecule has 0 saturated heterocycles. The molecule has 1 aromatic carbocycles. The molecule has 4 nitrogen and oxygen atoms in total. The normalized spacial score (nSPS) is 9.81. The van der Waals surface area contributed by atoms with Crippen LogP contribution in [0.3, 0.4) is 0 Å². The van der Waals surface area contributed by atoms with E-state index in [1.807, 2.05) is 27.6 Å². The molecule has 0 saturated carbocycles. The van der Waals surface area contributed by atoms with E-state index in [0.717, 1.165) is 11.4 Å². The van der Waals surface area contributed by atoms with Gasteiger partial charge in [-0.15, -0.1) is 24.8 Å². The number of rotatable bonds is 3. The molecule has 0 aliphatic carbocycles. The predicted molar refractivity (Wildman–Crippen MR) is 84.1 cm³/mol. The first-order valence-corrected chi connectivity index (χ1v) is 5.97. The van der Waals surface area contributed by atoms with E-state index in [2.05, 4.69) is 9.97 Å². The molecule has 0 spiro atoms. The van der Waals surface area contributed by atoms with Crippen LogP contribution in [0.25, 0.3) is 5.69 Å². The number of nitrogens with zero attached hydrogens (tertiary/aromatic N) is 4. The number of hydrogen-bond donors (Lipinski definition) is 0. The summed E-state index contributed by atoms with van der Waals surface area (Å²) in [5.41, 5.74) is 2.31. The molecule has 3 rings (SSSR count). The van der Waals surface area contributed by atoms with Crippen molar-refractivity contribution in [1.29, 1.82) is 0 Å². The van der Waals surface area contributed by atoms with Crippen molar-refractivity contribution in [2.75, 3.05) is 0 Å². The Hall–Kier alpha value is -1.85. The molecule has 0 atom stereocenters. The maximum absolute atomic E-state index is 13.5. The predicted octanol–water partition coefficient (Wildman–Crippen LogP) is 3.41. The van der Waals surface area contributed by atoms with Crippen LogP contribution in [0.1, 0.15) is 11.3 Å². The van der Waals surface area contributed by atoms with Gasteiger partial charge in [-0.25, -0.2) is 14.4 Å². The fourth-order valence-electron chi connectivity index (χ4n) is 1.90. The molecule has 21 heavy (non-hydrogen) atoms. The van der Waals surface area contributed by atoms with Crippen LogP contribution in [0, 0.1) is 12.7 Å².